The number of aldehydes is 1. The fourth-order valence-corrected chi connectivity index (χ4v) is 9.80. The first-order valence-electron chi connectivity index (χ1n) is 26.3. The third-order valence-corrected chi connectivity index (χ3v) is 13.7. The second kappa shape index (κ2) is 22.6. The van der Waals surface area contributed by atoms with E-state index < -0.39 is 0 Å². The molecular formula is C65H65N3O5. The maximum atomic E-state index is 11.9. The van der Waals surface area contributed by atoms with Crippen LogP contribution >= 0.6 is 0 Å². The molecule has 0 N–H and O–H groups in total. The highest BCUT2D eigenvalue weighted by Gasteiger charge is 2.21. The zero-order valence-electron chi connectivity index (χ0n) is 42.6. The van der Waals surface area contributed by atoms with Gasteiger partial charge in [-0.25, -0.2) is 0 Å². The summed E-state index contributed by atoms with van der Waals surface area (Å²) in [4.78, 5) is 14.2. The largest absolute Gasteiger partial charge is 0.494 e. The molecule has 0 fully saturated rings. The van der Waals surface area contributed by atoms with E-state index in [1.54, 1.807) is 0 Å². The Morgan fingerprint density at radius 3 is 1.14 bits per heavy atom. The molecule has 2 aromatic heterocycles. The predicted octanol–water partition coefficient (Wildman–Crippen LogP) is 17.5. The van der Waals surface area contributed by atoms with Gasteiger partial charge in [-0.05, 0) is 171 Å². The number of hydrogen-bond donors (Lipinski definition) is 0. The number of hydrogen-bond acceptors (Lipinski definition) is 6. The van der Waals surface area contributed by atoms with Crippen molar-refractivity contribution in [2.45, 2.75) is 79.1 Å². The molecule has 8 nitrogen and oxygen atoms in total. The van der Waals surface area contributed by atoms with E-state index in [1.165, 1.54) is 0 Å². The lowest BCUT2D eigenvalue weighted by Crippen LogP contribution is -2.11. The zero-order chi connectivity index (χ0) is 50.1. The molecule has 0 amide bonds. The van der Waals surface area contributed by atoms with Crippen molar-refractivity contribution in [3.63, 3.8) is 0 Å². The quantitative estimate of drug-likeness (QED) is 0.0470. The van der Waals surface area contributed by atoms with Crippen LogP contribution < -0.4 is 23.8 Å². The Balaban J connectivity index is 1.03. The lowest BCUT2D eigenvalue weighted by atomic mass is 10.0. The van der Waals surface area contributed by atoms with Crippen molar-refractivity contribution in [1.29, 1.82) is 0 Å². The number of para-hydroxylation sites is 1. The summed E-state index contributed by atoms with van der Waals surface area (Å²) < 4.78 is 29.5. The Morgan fingerprint density at radius 2 is 0.767 bits per heavy atom. The van der Waals surface area contributed by atoms with Crippen LogP contribution in [0.2, 0.25) is 0 Å². The van der Waals surface area contributed by atoms with Crippen LogP contribution in [0.15, 0.2) is 170 Å². The van der Waals surface area contributed by atoms with Gasteiger partial charge in [0.1, 0.15) is 29.3 Å². The number of aromatic nitrogens is 2. The zero-order valence-corrected chi connectivity index (χ0v) is 42.6. The van der Waals surface area contributed by atoms with Crippen molar-refractivity contribution in [2.75, 3.05) is 31.3 Å². The molecule has 0 aliphatic rings. The van der Waals surface area contributed by atoms with Crippen molar-refractivity contribution in [3.05, 3.63) is 175 Å². The second-order valence-corrected chi connectivity index (χ2v) is 18.8. The molecule has 370 valence electrons. The number of fused-ring (bicyclic) bond motifs is 6. The molecule has 8 aromatic carbocycles. The van der Waals surface area contributed by atoms with Crippen LogP contribution in [-0.2, 0) is 0 Å². The highest BCUT2D eigenvalue weighted by Crippen LogP contribution is 2.43. The fraction of sp³-hybridized carbons (Fsp3) is 0.246. The van der Waals surface area contributed by atoms with Crippen molar-refractivity contribution in [3.8, 4) is 45.5 Å². The van der Waals surface area contributed by atoms with Gasteiger partial charge in [-0.15, -0.1) is 0 Å². The molecule has 0 spiro atoms. The first-order valence-corrected chi connectivity index (χ1v) is 26.3. The van der Waals surface area contributed by atoms with Crippen molar-refractivity contribution in [2.24, 2.45) is 0 Å². The summed E-state index contributed by atoms with van der Waals surface area (Å²) in [6.45, 7) is 11.5. The van der Waals surface area contributed by atoms with Gasteiger partial charge in [0.15, 0.2) is 0 Å². The molecule has 10 aromatic rings. The molecule has 0 aliphatic carbocycles. The smallest absolute Gasteiger partial charge is 0.150 e. The monoisotopic (exact) mass is 967 g/mol. The van der Waals surface area contributed by atoms with Crippen LogP contribution in [0.1, 0.15) is 89.4 Å². The third-order valence-electron chi connectivity index (χ3n) is 13.7. The predicted molar refractivity (Wildman–Crippen MR) is 302 cm³/mol. The van der Waals surface area contributed by atoms with Crippen LogP contribution in [0.5, 0.6) is 23.0 Å². The first kappa shape index (κ1) is 48.6. The van der Waals surface area contributed by atoms with Gasteiger partial charge < -0.3 is 33.0 Å². The van der Waals surface area contributed by atoms with Gasteiger partial charge in [-0.3, -0.25) is 4.79 Å². The Morgan fingerprint density at radius 1 is 0.411 bits per heavy atom. The molecule has 0 saturated heterocycles. The summed E-state index contributed by atoms with van der Waals surface area (Å²) in [6, 6.07) is 59.7. The van der Waals surface area contributed by atoms with E-state index in [9.17, 15) is 4.79 Å². The Labute approximate surface area is 429 Å². The second-order valence-electron chi connectivity index (χ2n) is 18.8. The van der Waals surface area contributed by atoms with E-state index in [0.717, 1.165) is 164 Å². The molecule has 8 heteroatoms. The molecule has 0 unspecified atom stereocenters. The van der Waals surface area contributed by atoms with Gasteiger partial charge in [0.2, 0.25) is 0 Å². The van der Waals surface area contributed by atoms with E-state index in [1.807, 2.05) is 24.3 Å². The molecule has 0 atom stereocenters. The summed E-state index contributed by atoms with van der Waals surface area (Å²) in [5.74, 6) is 3.49. The lowest BCUT2D eigenvalue weighted by Gasteiger charge is -2.28. The minimum atomic E-state index is 0.623. The highest BCUT2D eigenvalue weighted by atomic mass is 16.5. The number of rotatable bonds is 23. The summed E-state index contributed by atoms with van der Waals surface area (Å²) in [5.41, 5.74) is 12.2. The van der Waals surface area contributed by atoms with Gasteiger partial charge in [-0.2, -0.15) is 0 Å². The first-order chi connectivity index (χ1) is 36.0. The third kappa shape index (κ3) is 10.3. The molecule has 0 aliphatic heterocycles. The average Bonchev–Trinajstić information content (AvgIpc) is 3.93. The number of unbranched alkanes of at least 4 members (excludes halogenated alkanes) is 4. The van der Waals surface area contributed by atoms with E-state index in [2.05, 4.69) is 187 Å². The molecule has 2 heterocycles. The molecule has 0 radical (unpaired) electrons. The fourth-order valence-electron chi connectivity index (χ4n) is 9.80. The SMILES string of the molecule is CCCCOc1ccc2c(c1)c1cc(OCCCC)ccc1n2-c1ccc(-c2ccccc2N(c2ccc(C=O)cc2)c2ccc(-n3c4ccc(OCCCC)cc4c4cc(OCCCC)ccc43)cc2)cc1. The van der Waals surface area contributed by atoms with Crippen LogP contribution in [0.3, 0.4) is 0 Å². The highest BCUT2D eigenvalue weighted by molar-refractivity contribution is 6.11. The van der Waals surface area contributed by atoms with Crippen molar-refractivity contribution >= 4 is 67.0 Å². The number of carbonyl (C=O) groups is 1. The summed E-state index contributed by atoms with van der Waals surface area (Å²) in [5, 5.41) is 4.49. The number of carbonyl (C=O) groups excluding carboxylic acids is 1. The van der Waals surface area contributed by atoms with Gasteiger partial charge in [0.25, 0.3) is 0 Å². The van der Waals surface area contributed by atoms with E-state index >= 15 is 0 Å². The summed E-state index contributed by atoms with van der Waals surface area (Å²) in [6.07, 6.45) is 9.25. The van der Waals surface area contributed by atoms with Gasteiger partial charge in [0, 0.05) is 55.4 Å². The summed E-state index contributed by atoms with van der Waals surface area (Å²) >= 11 is 0. The molecule has 10 rings (SSSR count). The van der Waals surface area contributed by atoms with Crippen LogP contribution in [-0.4, -0.2) is 41.8 Å². The lowest BCUT2D eigenvalue weighted by molar-refractivity contribution is 0.112. The van der Waals surface area contributed by atoms with Crippen LogP contribution in [0.4, 0.5) is 17.1 Å². The Bertz CT molecular complexity index is 3350. The number of ether oxygens (including phenoxy) is 4. The molecule has 0 saturated carbocycles. The van der Waals surface area contributed by atoms with E-state index in [0.29, 0.717) is 32.0 Å². The van der Waals surface area contributed by atoms with Gasteiger partial charge in [0.05, 0.1) is 54.2 Å². The summed E-state index contributed by atoms with van der Waals surface area (Å²) in [7, 11) is 0. The maximum Gasteiger partial charge on any atom is 0.150 e. The minimum Gasteiger partial charge on any atom is -0.494 e. The Kier molecular flexibility index (Phi) is 15.1. The van der Waals surface area contributed by atoms with E-state index in [-0.39, 0.29) is 0 Å². The van der Waals surface area contributed by atoms with E-state index in [4.69, 9.17) is 18.9 Å². The van der Waals surface area contributed by atoms with Crippen LogP contribution in [0, 0.1) is 0 Å². The molecule has 73 heavy (non-hydrogen) atoms. The van der Waals surface area contributed by atoms with Crippen molar-refractivity contribution in [1.82, 2.24) is 9.13 Å². The Hall–Kier alpha value is -7.97. The van der Waals surface area contributed by atoms with Gasteiger partial charge >= 0.3 is 0 Å². The van der Waals surface area contributed by atoms with Crippen molar-refractivity contribution < 1.29 is 23.7 Å². The molecular weight excluding hydrogens is 903 g/mol. The topological polar surface area (TPSA) is 67.1 Å². The van der Waals surface area contributed by atoms with Gasteiger partial charge in [-0.1, -0.05) is 83.7 Å². The standard InChI is InChI=1S/C65H65N3O5/c1-5-9-37-70-52-29-33-62-57(41-52)58-42-53(71-38-10-6-2)30-34-63(58)67(62)50-23-19-47(20-24-50)56-15-13-14-16-61(56)66(48-21-17-46(45-69)18-22-48)49-25-27-51(28-26-49)68-64-35-31-54(72-39-11-7-3)43-59(64)60-44-55(32-36-65(60)68)73-40-12-8-4/h13-36,41-45H,5-12,37-40H2,1-4H3. The maximum absolute atomic E-state index is 11.9. The minimum absolute atomic E-state index is 0.623. The number of benzene rings is 8. The van der Waals surface area contributed by atoms with Crippen LogP contribution in [0.25, 0.3) is 66.1 Å². The number of anilines is 3. The average molecular weight is 968 g/mol. The molecule has 0 bridgehead atoms. The normalized spacial score (nSPS) is 11.5. The number of nitrogens with zero attached hydrogens (tertiary/aromatic N) is 3.